The van der Waals surface area contributed by atoms with E-state index in [1.165, 1.54) is 7.11 Å². The van der Waals surface area contributed by atoms with Crippen molar-refractivity contribution in [1.29, 1.82) is 0 Å². The number of ether oxygens (including phenoxy) is 2. The van der Waals surface area contributed by atoms with Crippen LogP contribution in [0.4, 0.5) is 0 Å². The predicted octanol–water partition coefficient (Wildman–Crippen LogP) is 0.751. The second-order valence-electron chi connectivity index (χ2n) is 4.17. The molecule has 106 valence electrons. The Labute approximate surface area is 113 Å². The van der Waals surface area contributed by atoms with Crippen molar-refractivity contribution in [3.05, 3.63) is 29.8 Å². The van der Waals surface area contributed by atoms with Crippen LogP contribution in [0.25, 0.3) is 0 Å². The number of aliphatic hydroxyl groups is 1. The molecule has 0 aliphatic rings. The summed E-state index contributed by atoms with van der Waals surface area (Å²) in [6, 6.07) is 7.39. The minimum atomic E-state index is -0.672. The Balaban J connectivity index is 2.35. The number of carbonyl (C=O) groups excluding carboxylic acids is 1. The number of benzene rings is 1. The van der Waals surface area contributed by atoms with Gasteiger partial charge in [-0.25, -0.2) is 0 Å². The van der Waals surface area contributed by atoms with Gasteiger partial charge in [0.2, 0.25) is 5.91 Å². The second-order valence-corrected chi connectivity index (χ2v) is 4.17. The molecule has 1 amide bonds. The molecule has 0 heterocycles. The highest BCUT2D eigenvalue weighted by atomic mass is 16.5. The fourth-order valence-corrected chi connectivity index (χ4v) is 1.60. The molecule has 0 saturated carbocycles. The van der Waals surface area contributed by atoms with Gasteiger partial charge in [0.25, 0.3) is 0 Å². The van der Waals surface area contributed by atoms with E-state index in [4.69, 9.17) is 9.47 Å². The Morgan fingerprint density at radius 2 is 2.05 bits per heavy atom. The molecule has 0 aliphatic heterocycles. The highest BCUT2D eigenvalue weighted by Gasteiger charge is 2.07. The van der Waals surface area contributed by atoms with Gasteiger partial charge in [-0.3, -0.25) is 4.79 Å². The third-order valence-electron chi connectivity index (χ3n) is 2.49. The normalized spacial score (nSPS) is 11.9. The Kier molecular flexibility index (Phi) is 6.92. The van der Waals surface area contributed by atoms with Crippen molar-refractivity contribution in [3.63, 3.8) is 0 Å². The largest absolute Gasteiger partial charge is 0.494 e. The first-order chi connectivity index (χ1) is 9.15. The Hall–Kier alpha value is -1.59. The van der Waals surface area contributed by atoms with Crippen LogP contribution in [-0.2, 0) is 16.0 Å². The number of aliphatic hydroxyl groups excluding tert-OH is 1. The molecule has 0 fully saturated rings. The fraction of sp³-hybridized carbons (Fsp3) is 0.500. The van der Waals surface area contributed by atoms with E-state index in [1.54, 1.807) is 0 Å². The van der Waals surface area contributed by atoms with Gasteiger partial charge in [-0.1, -0.05) is 12.1 Å². The summed E-state index contributed by atoms with van der Waals surface area (Å²) in [5.41, 5.74) is 0.905. The van der Waals surface area contributed by atoms with Crippen LogP contribution in [0.1, 0.15) is 12.5 Å². The molecule has 1 rings (SSSR count). The Morgan fingerprint density at radius 3 is 2.63 bits per heavy atom. The lowest BCUT2D eigenvalue weighted by atomic mass is 10.1. The SMILES string of the molecule is CCOc1ccc(CC(=O)NCC(O)COC)cc1. The monoisotopic (exact) mass is 267 g/mol. The minimum absolute atomic E-state index is 0.126. The molecule has 0 aliphatic carbocycles. The van der Waals surface area contributed by atoms with Crippen molar-refractivity contribution in [2.45, 2.75) is 19.4 Å². The Morgan fingerprint density at radius 1 is 1.37 bits per heavy atom. The number of rotatable bonds is 8. The maximum Gasteiger partial charge on any atom is 0.224 e. The molecule has 5 nitrogen and oxygen atoms in total. The summed E-state index contributed by atoms with van der Waals surface area (Å²) in [5, 5.41) is 12.1. The highest BCUT2D eigenvalue weighted by molar-refractivity contribution is 5.78. The van der Waals surface area contributed by atoms with Gasteiger partial charge in [-0.05, 0) is 24.6 Å². The Bertz CT molecular complexity index is 378. The lowest BCUT2D eigenvalue weighted by Crippen LogP contribution is -2.35. The van der Waals surface area contributed by atoms with Crippen molar-refractivity contribution in [1.82, 2.24) is 5.32 Å². The average molecular weight is 267 g/mol. The molecule has 5 heteroatoms. The van der Waals surface area contributed by atoms with Crippen molar-refractivity contribution in [2.24, 2.45) is 0 Å². The third-order valence-corrected chi connectivity index (χ3v) is 2.49. The summed E-state index contributed by atoms with van der Waals surface area (Å²) in [6.45, 7) is 2.96. The van der Waals surface area contributed by atoms with Crippen molar-refractivity contribution < 1.29 is 19.4 Å². The molecule has 1 aromatic carbocycles. The summed E-state index contributed by atoms with van der Waals surface area (Å²) in [4.78, 5) is 11.6. The van der Waals surface area contributed by atoms with Crippen LogP contribution in [0.3, 0.4) is 0 Å². The number of hydrogen-bond donors (Lipinski definition) is 2. The van der Waals surface area contributed by atoms with E-state index in [2.05, 4.69) is 5.32 Å². The molecule has 0 aromatic heterocycles. The standard InChI is InChI=1S/C14H21NO4/c1-3-19-13-6-4-11(5-7-13)8-14(17)15-9-12(16)10-18-2/h4-7,12,16H,3,8-10H2,1-2H3,(H,15,17). The molecular formula is C14H21NO4. The van der Waals surface area contributed by atoms with E-state index in [1.807, 2.05) is 31.2 Å². The summed E-state index contributed by atoms with van der Waals surface area (Å²) >= 11 is 0. The van der Waals surface area contributed by atoms with Crippen LogP contribution < -0.4 is 10.1 Å². The molecule has 0 saturated heterocycles. The first kappa shape index (κ1) is 15.5. The van der Waals surface area contributed by atoms with E-state index in [0.29, 0.717) is 6.61 Å². The number of methoxy groups -OCH3 is 1. The van der Waals surface area contributed by atoms with Crippen LogP contribution in [0.2, 0.25) is 0 Å². The summed E-state index contributed by atoms with van der Waals surface area (Å²) in [6.07, 6.45) is -0.388. The van der Waals surface area contributed by atoms with E-state index in [0.717, 1.165) is 11.3 Å². The topological polar surface area (TPSA) is 67.8 Å². The average Bonchev–Trinajstić information content (AvgIpc) is 2.39. The van der Waals surface area contributed by atoms with Gasteiger partial charge in [-0.15, -0.1) is 0 Å². The van der Waals surface area contributed by atoms with Crippen LogP contribution in [0.15, 0.2) is 24.3 Å². The summed E-state index contributed by atoms with van der Waals surface area (Å²) in [7, 11) is 1.50. The van der Waals surface area contributed by atoms with E-state index in [-0.39, 0.29) is 25.5 Å². The van der Waals surface area contributed by atoms with Gasteiger partial charge in [0.15, 0.2) is 0 Å². The predicted molar refractivity (Wildman–Crippen MR) is 72.2 cm³/mol. The minimum Gasteiger partial charge on any atom is -0.494 e. The van der Waals surface area contributed by atoms with Crippen LogP contribution in [-0.4, -0.2) is 44.0 Å². The summed E-state index contributed by atoms with van der Waals surface area (Å²) < 4.78 is 10.1. The van der Waals surface area contributed by atoms with Crippen LogP contribution in [0.5, 0.6) is 5.75 Å². The molecule has 2 N–H and O–H groups in total. The van der Waals surface area contributed by atoms with Crippen molar-refractivity contribution in [3.8, 4) is 5.75 Å². The molecule has 19 heavy (non-hydrogen) atoms. The van der Waals surface area contributed by atoms with Crippen LogP contribution in [0, 0.1) is 0 Å². The van der Waals surface area contributed by atoms with Gasteiger partial charge in [-0.2, -0.15) is 0 Å². The maximum absolute atomic E-state index is 11.6. The number of hydrogen-bond acceptors (Lipinski definition) is 4. The molecule has 1 aromatic rings. The zero-order chi connectivity index (χ0) is 14.1. The molecular weight excluding hydrogens is 246 g/mol. The lowest BCUT2D eigenvalue weighted by molar-refractivity contribution is -0.121. The number of amides is 1. The number of nitrogens with one attached hydrogen (secondary N) is 1. The zero-order valence-electron chi connectivity index (χ0n) is 11.4. The van der Waals surface area contributed by atoms with Gasteiger partial charge < -0.3 is 19.9 Å². The van der Waals surface area contributed by atoms with Crippen molar-refractivity contribution >= 4 is 5.91 Å². The molecule has 1 unspecified atom stereocenters. The van der Waals surface area contributed by atoms with Gasteiger partial charge in [0.05, 0.1) is 25.7 Å². The van der Waals surface area contributed by atoms with E-state index >= 15 is 0 Å². The molecule has 0 radical (unpaired) electrons. The molecule has 1 atom stereocenters. The first-order valence-corrected chi connectivity index (χ1v) is 6.31. The maximum atomic E-state index is 11.6. The summed E-state index contributed by atoms with van der Waals surface area (Å²) in [5.74, 6) is 0.668. The fourth-order valence-electron chi connectivity index (χ4n) is 1.60. The molecule has 0 bridgehead atoms. The number of carbonyl (C=O) groups is 1. The van der Waals surface area contributed by atoms with Gasteiger partial charge in [0.1, 0.15) is 5.75 Å². The lowest BCUT2D eigenvalue weighted by Gasteiger charge is -2.11. The van der Waals surface area contributed by atoms with Crippen LogP contribution >= 0.6 is 0 Å². The van der Waals surface area contributed by atoms with Crippen molar-refractivity contribution in [2.75, 3.05) is 26.9 Å². The smallest absolute Gasteiger partial charge is 0.224 e. The van der Waals surface area contributed by atoms with Gasteiger partial charge in [0, 0.05) is 13.7 Å². The first-order valence-electron chi connectivity index (χ1n) is 6.31. The highest BCUT2D eigenvalue weighted by Crippen LogP contribution is 2.12. The van der Waals surface area contributed by atoms with E-state index < -0.39 is 6.10 Å². The third kappa shape index (κ3) is 6.22. The quantitative estimate of drug-likeness (QED) is 0.729. The zero-order valence-corrected chi connectivity index (χ0v) is 11.4. The van der Waals surface area contributed by atoms with Gasteiger partial charge >= 0.3 is 0 Å². The molecule has 0 spiro atoms. The van der Waals surface area contributed by atoms with E-state index in [9.17, 15) is 9.90 Å². The second kappa shape index (κ2) is 8.50.